The number of rotatable bonds is 11. The summed E-state index contributed by atoms with van der Waals surface area (Å²) in [6.45, 7) is 2.00. The molecule has 0 bridgehead atoms. The van der Waals surface area contributed by atoms with Crippen LogP contribution in [-0.2, 0) is 32.7 Å². The molecular formula is C29H25Cl3N4O6S. The van der Waals surface area contributed by atoms with Crippen molar-refractivity contribution in [2.45, 2.75) is 24.9 Å². The Morgan fingerprint density at radius 3 is 2.40 bits per heavy atom. The van der Waals surface area contributed by atoms with E-state index >= 15 is 0 Å². The minimum absolute atomic E-state index is 0.0372. The Labute approximate surface area is 263 Å². The lowest BCUT2D eigenvalue weighted by atomic mass is 10.2. The zero-order valence-corrected chi connectivity index (χ0v) is 25.7. The van der Waals surface area contributed by atoms with Crippen LogP contribution in [0, 0.1) is 0 Å². The first kappa shape index (κ1) is 32.1. The van der Waals surface area contributed by atoms with Crippen LogP contribution < -0.4 is 15.5 Å². The first-order valence-corrected chi connectivity index (χ1v) is 15.3. The van der Waals surface area contributed by atoms with Gasteiger partial charge in [0.15, 0.2) is 0 Å². The summed E-state index contributed by atoms with van der Waals surface area (Å²) >= 11 is 18.1. The molecule has 0 unspecified atom stereocenters. The third-order valence-electron chi connectivity index (χ3n) is 5.81. The van der Waals surface area contributed by atoms with Crippen LogP contribution in [-0.4, -0.2) is 37.4 Å². The molecule has 10 nitrogen and oxygen atoms in total. The Hall–Kier alpha value is -3.87. The van der Waals surface area contributed by atoms with Crippen molar-refractivity contribution in [3.8, 4) is 5.75 Å². The number of nitrogens with one attached hydrogen (secondary N) is 2. The highest BCUT2D eigenvalue weighted by Gasteiger charge is 2.26. The number of hydrogen-bond donors (Lipinski definition) is 2. The monoisotopic (exact) mass is 662 g/mol. The van der Waals surface area contributed by atoms with Crippen LogP contribution in [0.2, 0.25) is 15.1 Å². The number of sulfonamides is 1. The average Bonchev–Trinajstić information content (AvgIpc) is 3.43. The van der Waals surface area contributed by atoms with Gasteiger partial charge in [0.05, 0.1) is 40.0 Å². The van der Waals surface area contributed by atoms with E-state index in [2.05, 4.69) is 15.8 Å². The highest BCUT2D eigenvalue weighted by molar-refractivity contribution is 7.89. The second kappa shape index (κ2) is 14.5. The quantitative estimate of drug-likeness (QED) is 0.113. The smallest absolute Gasteiger partial charge is 0.329 e. The fourth-order valence-corrected chi connectivity index (χ4v) is 5.62. The van der Waals surface area contributed by atoms with Crippen LogP contribution in [0.1, 0.15) is 24.0 Å². The Balaban J connectivity index is 1.45. The molecule has 3 aromatic carbocycles. The number of hydrazone groups is 1. The molecule has 43 heavy (non-hydrogen) atoms. The minimum atomic E-state index is -4.00. The van der Waals surface area contributed by atoms with E-state index in [0.717, 1.165) is 0 Å². The molecule has 0 aliphatic carbocycles. The van der Waals surface area contributed by atoms with E-state index in [1.165, 1.54) is 40.9 Å². The standard InChI is InChI=1S/C29H25Cl3N4O6S/c1-2-41-27-6-4-3-5-26(27)34-28(37)29(38)35-33-16-21-10-11-22(42-21)18-36(17-19-7-14-24(31)25(32)15-19)43(39,40)23-12-8-20(30)9-13-23/h3-16H,2,17-18H2,1H3,(H,34,37)(H,35,38)/b33-16+. The second-order valence-electron chi connectivity index (χ2n) is 8.86. The normalized spacial score (nSPS) is 11.6. The van der Waals surface area contributed by atoms with Crippen LogP contribution in [0.25, 0.3) is 0 Å². The summed E-state index contributed by atoms with van der Waals surface area (Å²) in [5.41, 5.74) is 3.06. The van der Waals surface area contributed by atoms with E-state index in [9.17, 15) is 18.0 Å². The number of ether oxygens (including phenoxy) is 1. The second-order valence-corrected chi connectivity index (χ2v) is 12.1. The number of para-hydroxylation sites is 2. The van der Waals surface area contributed by atoms with Crippen LogP contribution in [0.4, 0.5) is 5.69 Å². The maximum Gasteiger partial charge on any atom is 0.329 e. The molecule has 224 valence electrons. The highest BCUT2D eigenvalue weighted by Crippen LogP contribution is 2.27. The maximum absolute atomic E-state index is 13.6. The molecule has 14 heteroatoms. The van der Waals surface area contributed by atoms with Gasteiger partial charge in [0.25, 0.3) is 0 Å². The number of anilines is 1. The van der Waals surface area contributed by atoms with Crippen molar-refractivity contribution in [3.05, 3.63) is 111 Å². The minimum Gasteiger partial charge on any atom is -0.492 e. The van der Waals surface area contributed by atoms with Crippen molar-refractivity contribution < 1.29 is 27.2 Å². The molecule has 2 N–H and O–H groups in total. The zero-order valence-electron chi connectivity index (χ0n) is 22.6. The third kappa shape index (κ3) is 8.59. The van der Waals surface area contributed by atoms with Gasteiger partial charge in [-0.2, -0.15) is 9.41 Å². The van der Waals surface area contributed by atoms with Gasteiger partial charge in [0, 0.05) is 11.6 Å². The maximum atomic E-state index is 13.6. The number of amides is 2. The molecule has 0 spiro atoms. The van der Waals surface area contributed by atoms with Crippen LogP contribution in [0.5, 0.6) is 5.75 Å². The largest absolute Gasteiger partial charge is 0.492 e. The van der Waals surface area contributed by atoms with Gasteiger partial charge in [-0.1, -0.05) is 53.0 Å². The highest BCUT2D eigenvalue weighted by atomic mass is 35.5. The van der Waals surface area contributed by atoms with Crippen molar-refractivity contribution in [3.63, 3.8) is 0 Å². The first-order chi connectivity index (χ1) is 20.6. The summed E-state index contributed by atoms with van der Waals surface area (Å²) < 4.78 is 39.5. The summed E-state index contributed by atoms with van der Waals surface area (Å²) in [7, 11) is -4.00. The molecule has 1 aromatic heterocycles. The molecule has 1 heterocycles. The molecule has 4 rings (SSSR count). The predicted molar refractivity (Wildman–Crippen MR) is 165 cm³/mol. The van der Waals surface area contributed by atoms with Gasteiger partial charge in [-0.25, -0.2) is 13.8 Å². The van der Waals surface area contributed by atoms with Crippen molar-refractivity contribution in [1.82, 2.24) is 9.73 Å². The number of carbonyl (C=O) groups is 2. The average molecular weight is 664 g/mol. The SMILES string of the molecule is CCOc1ccccc1NC(=O)C(=O)N/N=C/c1ccc(CN(Cc2ccc(Cl)c(Cl)c2)S(=O)(=O)c2ccc(Cl)cc2)o1. The van der Waals surface area contributed by atoms with Gasteiger partial charge >= 0.3 is 11.8 Å². The Morgan fingerprint density at radius 1 is 0.930 bits per heavy atom. The van der Waals surface area contributed by atoms with E-state index in [1.807, 2.05) is 0 Å². The molecule has 0 saturated carbocycles. The fraction of sp³-hybridized carbons (Fsp3) is 0.138. The number of hydrogen-bond acceptors (Lipinski definition) is 7. The Morgan fingerprint density at radius 2 is 1.67 bits per heavy atom. The topological polar surface area (TPSA) is 130 Å². The summed E-state index contributed by atoms with van der Waals surface area (Å²) in [4.78, 5) is 24.6. The summed E-state index contributed by atoms with van der Waals surface area (Å²) in [6, 6.07) is 20.4. The van der Waals surface area contributed by atoms with E-state index in [4.69, 9.17) is 44.0 Å². The van der Waals surface area contributed by atoms with Gasteiger partial charge < -0.3 is 14.5 Å². The van der Waals surface area contributed by atoms with Crippen LogP contribution >= 0.6 is 34.8 Å². The van der Waals surface area contributed by atoms with Gasteiger partial charge in [-0.3, -0.25) is 9.59 Å². The third-order valence-corrected chi connectivity index (χ3v) is 8.61. The number of nitrogens with zero attached hydrogens (tertiary/aromatic N) is 2. The lowest BCUT2D eigenvalue weighted by Crippen LogP contribution is -2.32. The first-order valence-electron chi connectivity index (χ1n) is 12.7. The van der Waals surface area contributed by atoms with Crippen molar-refractivity contribution in [1.29, 1.82) is 0 Å². The van der Waals surface area contributed by atoms with E-state index in [1.54, 1.807) is 55.5 Å². The molecule has 0 aliphatic heterocycles. The molecule has 2 amide bonds. The molecular weight excluding hydrogens is 639 g/mol. The van der Waals surface area contributed by atoms with Crippen LogP contribution in [0.15, 0.2) is 93.3 Å². The zero-order chi connectivity index (χ0) is 31.0. The van der Waals surface area contributed by atoms with Gasteiger partial charge in [-0.15, -0.1) is 0 Å². The summed E-state index contributed by atoms with van der Waals surface area (Å²) in [6.07, 6.45) is 1.18. The van der Waals surface area contributed by atoms with Gasteiger partial charge in [0.1, 0.15) is 17.3 Å². The molecule has 0 aliphatic rings. The van der Waals surface area contributed by atoms with Crippen LogP contribution in [0.3, 0.4) is 0 Å². The van der Waals surface area contributed by atoms with E-state index in [-0.39, 0.29) is 34.5 Å². The lowest BCUT2D eigenvalue weighted by molar-refractivity contribution is -0.136. The number of benzene rings is 3. The molecule has 0 atom stereocenters. The summed E-state index contributed by atoms with van der Waals surface area (Å²) in [5.74, 6) is -1.05. The predicted octanol–water partition coefficient (Wildman–Crippen LogP) is 6.12. The molecule has 0 fully saturated rings. The van der Waals surface area contributed by atoms with Gasteiger partial charge in [0.2, 0.25) is 10.0 Å². The molecule has 0 radical (unpaired) electrons. The molecule has 4 aromatic rings. The Bertz CT molecular complexity index is 1740. The van der Waals surface area contributed by atoms with Crippen molar-refractivity contribution in [2.75, 3.05) is 11.9 Å². The van der Waals surface area contributed by atoms with E-state index < -0.39 is 21.8 Å². The Kier molecular flexibility index (Phi) is 10.8. The fourth-order valence-electron chi connectivity index (χ4n) is 3.78. The van der Waals surface area contributed by atoms with Crippen molar-refractivity contribution in [2.24, 2.45) is 5.10 Å². The summed E-state index contributed by atoms with van der Waals surface area (Å²) in [5, 5.41) is 7.25. The number of carbonyl (C=O) groups excluding carboxylic acids is 2. The van der Waals surface area contributed by atoms with Crippen molar-refractivity contribution >= 4 is 68.5 Å². The molecule has 0 saturated heterocycles. The number of furan rings is 1. The van der Waals surface area contributed by atoms with Gasteiger partial charge in [-0.05, 0) is 73.2 Å². The lowest BCUT2D eigenvalue weighted by Gasteiger charge is -2.22. The number of halogens is 3. The van der Waals surface area contributed by atoms with E-state index in [0.29, 0.717) is 33.7 Å².